The van der Waals surface area contributed by atoms with Crippen molar-refractivity contribution in [3.8, 4) is 0 Å². The number of aromatic nitrogens is 2. The van der Waals surface area contributed by atoms with E-state index >= 15 is 0 Å². The highest BCUT2D eigenvalue weighted by atomic mass is 16.2. The Morgan fingerprint density at radius 3 is 2.36 bits per heavy atom. The molecule has 4 fully saturated rings. The van der Waals surface area contributed by atoms with Crippen LogP contribution in [0.3, 0.4) is 0 Å². The molecule has 1 atom stereocenters. The third kappa shape index (κ3) is 6.95. The molecule has 3 aromatic rings. The molecule has 5 amide bonds. The zero-order valence-corrected chi connectivity index (χ0v) is 29.8. The van der Waals surface area contributed by atoms with Crippen LogP contribution in [0.25, 0.3) is 0 Å². The maximum atomic E-state index is 13.4. The minimum atomic E-state index is -0.968. The van der Waals surface area contributed by atoms with E-state index in [9.17, 15) is 24.0 Å². The molecule has 4 saturated heterocycles. The minimum absolute atomic E-state index is 0.0954. The van der Waals surface area contributed by atoms with Crippen molar-refractivity contribution in [3.63, 3.8) is 0 Å². The topological polar surface area (TPSA) is 174 Å². The first kappa shape index (κ1) is 34.7. The third-order valence-corrected chi connectivity index (χ3v) is 11.6. The number of imide groups is 2. The Hall–Kier alpha value is -5.37. The van der Waals surface area contributed by atoms with Gasteiger partial charge in [0.25, 0.3) is 17.7 Å². The number of benzene rings is 2. The highest BCUT2D eigenvalue weighted by molar-refractivity contribution is 6.23. The zero-order chi connectivity index (χ0) is 36.7. The number of anilines is 4. The number of likely N-dealkylation sites (tertiary alicyclic amines) is 1. The first-order valence-electron chi connectivity index (χ1n) is 18.8. The average Bonchev–Trinajstić information content (AvgIpc) is 3.40. The fourth-order valence-corrected chi connectivity index (χ4v) is 8.78. The standard InChI is InChI=1S/C39H45N9O5/c40-34(50)33-35(43-31(22-41-33)47-17-2-1-3-18-47)42-26-6-8-27(9-7-26)46-19-14-39(15-20-46)13-4-16-45(24-39)23-25-5-10-28-29(21-25)38(53)48(37(28)52)30-11-12-32(49)44-36(30)51/h5-10,21-22,30H,1-4,11-20,23-24H2,(H2,40,50)(H,42,43)(H,44,49,51). The van der Waals surface area contributed by atoms with E-state index in [0.29, 0.717) is 23.5 Å². The molecule has 8 rings (SSSR count). The summed E-state index contributed by atoms with van der Waals surface area (Å²) in [5.74, 6) is -1.46. The number of hydrogen-bond acceptors (Lipinski definition) is 11. The van der Waals surface area contributed by atoms with E-state index < -0.39 is 29.7 Å². The number of fused-ring (bicyclic) bond motifs is 1. The van der Waals surface area contributed by atoms with Crippen molar-refractivity contribution in [3.05, 3.63) is 71.0 Å². The van der Waals surface area contributed by atoms with E-state index in [-0.39, 0.29) is 29.9 Å². The molecule has 276 valence electrons. The molecule has 5 aliphatic heterocycles. The highest BCUT2D eigenvalue weighted by Gasteiger charge is 2.45. The summed E-state index contributed by atoms with van der Waals surface area (Å²) in [4.78, 5) is 80.0. The zero-order valence-electron chi connectivity index (χ0n) is 29.8. The van der Waals surface area contributed by atoms with Gasteiger partial charge in [-0.25, -0.2) is 9.97 Å². The number of piperidine rings is 4. The number of hydrogen-bond donors (Lipinski definition) is 3. The maximum absolute atomic E-state index is 13.4. The van der Waals surface area contributed by atoms with Crippen LogP contribution in [-0.4, -0.2) is 94.6 Å². The van der Waals surface area contributed by atoms with Crippen molar-refractivity contribution in [1.29, 1.82) is 0 Å². The quantitative estimate of drug-likeness (QED) is 0.291. The Bertz CT molecular complexity index is 1950. The van der Waals surface area contributed by atoms with Crippen LogP contribution in [0.5, 0.6) is 0 Å². The van der Waals surface area contributed by atoms with E-state index in [1.54, 1.807) is 18.3 Å². The molecule has 1 aromatic heterocycles. The molecular formula is C39H45N9O5. The molecule has 0 aliphatic carbocycles. The summed E-state index contributed by atoms with van der Waals surface area (Å²) in [6.07, 6.45) is 9.71. The van der Waals surface area contributed by atoms with Gasteiger partial charge in [0.05, 0.1) is 17.3 Å². The van der Waals surface area contributed by atoms with Crippen molar-refractivity contribution < 1.29 is 24.0 Å². The summed E-state index contributed by atoms with van der Waals surface area (Å²) in [5.41, 5.74) is 9.51. The molecule has 14 heteroatoms. The van der Waals surface area contributed by atoms with Gasteiger partial charge in [0, 0.05) is 57.1 Å². The normalized spacial score (nSPS) is 21.9. The Labute approximate surface area is 308 Å². The van der Waals surface area contributed by atoms with Crippen LogP contribution in [0.15, 0.2) is 48.7 Å². The molecule has 2 aromatic carbocycles. The smallest absolute Gasteiger partial charge is 0.271 e. The van der Waals surface area contributed by atoms with Gasteiger partial charge in [0.1, 0.15) is 11.9 Å². The Morgan fingerprint density at radius 2 is 1.62 bits per heavy atom. The second-order valence-electron chi connectivity index (χ2n) is 15.1. The van der Waals surface area contributed by atoms with Crippen molar-refractivity contribution in [2.24, 2.45) is 11.1 Å². The van der Waals surface area contributed by atoms with Gasteiger partial charge in [0.15, 0.2) is 11.5 Å². The monoisotopic (exact) mass is 719 g/mol. The molecule has 0 saturated carbocycles. The fourth-order valence-electron chi connectivity index (χ4n) is 8.78. The Morgan fingerprint density at radius 1 is 0.868 bits per heavy atom. The van der Waals surface area contributed by atoms with Crippen molar-refractivity contribution in [2.75, 3.05) is 54.4 Å². The first-order chi connectivity index (χ1) is 25.7. The van der Waals surface area contributed by atoms with Gasteiger partial charge < -0.3 is 20.9 Å². The number of carbonyl (C=O) groups excluding carboxylic acids is 5. The summed E-state index contributed by atoms with van der Waals surface area (Å²) >= 11 is 0. The second kappa shape index (κ2) is 14.2. The van der Waals surface area contributed by atoms with Gasteiger partial charge in [-0.3, -0.25) is 39.1 Å². The number of nitrogens with two attached hydrogens (primary N) is 1. The van der Waals surface area contributed by atoms with E-state index in [2.05, 4.69) is 42.5 Å². The van der Waals surface area contributed by atoms with E-state index in [4.69, 9.17) is 10.7 Å². The lowest BCUT2D eigenvalue weighted by Gasteiger charge is -2.48. The molecule has 1 spiro atoms. The molecule has 53 heavy (non-hydrogen) atoms. The van der Waals surface area contributed by atoms with Crippen LogP contribution in [0.1, 0.15) is 94.6 Å². The average molecular weight is 720 g/mol. The van der Waals surface area contributed by atoms with Crippen LogP contribution in [0.2, 0.25) is 0 Å². The summed E-state index contributed by atoms with van der Waals surface area (Å²) in [7, 11) is 0. The lowest BCUT2D eigenvalue weighted by atomic mass is 9.72. The predicted molar refractivity (Wildman–Crippen MR) is 198 cm³/mol. The number of nitrogens with one attached hydrogen (secondary N) is 2. The fraction of sp³-hybridized carbons (Fsp3) is 0.462. The highest BCUT2D eigenvalue weighted by Crippen LogP contribution is 2.41. The van der Waals surface area contributed by atoms with Gasteiger partial charge in [-0.1, -0.05) is 6.07 Å². The second-order valence-corrected chi connectivity index (χ2v) is 15.1. The Kier molecular flexibility index (Phi) is 9.31. The first-order valence-corrected chi connectivity index (χ1v) is 18.8. The van der Waals surface area contributed by atoms with Crippen molar-refractivity contribution in [1.82, 2.24) is 25.1 Å². The maximum Gasteiger partial charge on any atom is 0.271 e. The summed E-state index contributed by atoms with van der Waals surface area (Å²) in [6, 6.07) is 12.6. The molecule has 0 bridgehead atoms. The lowest BCUT2D eigenvalue weighted by Crippen LogP contribution is -2.54. The summed E-state index contributed by atoms with van der Waals surface area (Å²) in [5, 5.41) is 5.53. The number of carbonyl (C=O) groups is 5. The molecule has 5 aliphatic rings. The van der Waals surface area contributed by atoms with Gasteiger partial charge in [-0.2, -0.15) is 0 Å². The largest absolute Gasteiger partial charge is 0.371 e. The molecule has 0 radical (unpaired) electrons. The van der Waals surface area contributed by atoms with E-state index in [1.807, 2.05) is 18.2 Å². The van der Waals surface area contributed by atoms with Crippen LogP contribution in [0, 0.1) is 5.41 Å². The molecule has 14 nitrogen and oxygen atoms in total. The molecule has 4 N–H and O–H groups in total. The van der Waals surface area contributed by atoms with Crippen molar-refractivity contribution in [2.45, 2.75) is 70.4 Å². The van der Waals surface area contributed by atoms with Crippen LogP contribution in [-0.2, 0) is 16.1 Å². The molecule has 1 unspecified atom stereocenters. The van der Waals surface area contributed by atoms with E-state index in [1.165, 1.54) is 12.8 Å². The Balaban J connectivity index is 0.879. The number of primary amides is 1. The van der Waals surface area contributed by atoms with E-state index in [0.717, 1.165) is 99.0 Å². The summed E-state index contributed by atoms with van der Waals surface area (Å²) < 4.78 is 0. The van der Waals surface area contributed by atoms with Gasteiger partial charge in [-0.05, 0) is 105 Å². The summed E-state index contributed by atoms with van der Waals surface area (Å²) in [6.45, 7) is 6.34. The minimum Gasteiger partial charge on any atom is -0.371 e. The SMILES string of the molecule is NC(=O)c1ncc(N2CCCCC2)nc1Nc1ccc(N2CCC3(CCCN(Cc4ccc5c(c4)C(=O)N(C4CCC(=O)NC4=O)C5=O)C3)CC2)cc1. The van der Waals surface area contributed by atoms with Crippen molar-refractivity contribution >= 4 is 52.5 Å². The van der Waals surface area contributed by atoms with Crippen LogP contribution < -0.4 is 26.2 Å². The number of rotatable bonds is 8. The van der Waals surface area contributed by atoms with Gasteiger partial charge >= 0.3 is 0 Å². The molecule has 6 heterocycles. The van der Waals surface area contributed by atoms with Gasteiger partial charge in [0.2, 0.25) is 11.8 Å². The lowest BCUT2D eigenvalue weighted by molar-refractivity contribution is -0.136. The number of nitrogens with zero attached hydrogens (tertiary/aromatic N) is 6. The van der Waals surface area contributed by atoms with Crippen LogP contribution in [0.4, 0.5) is 23.0 Å². The number of amides is 5. The third-order valence-electron chi connectivity index (χ3n) is 11.6. The van der Waals surface area contributed by atoms with Gasteiger partial charge in [-0.15, -0.1) is 0 Å². The molecular weight excluding hydrogens is 674 g/mol. The van der Waals surface area contributed by atoms with Crippen LogP contribution >= 0.6 is 0 Å². The predicted octanol–water partition coefficient (Wildman–Crippen LogP) is 3.59.